The van der Waals surface area contributed by atoms with Crippen LogP contribution in [0.5, 0.6) is 0 Å². The van der Waals surface area contributed by atoms with Crippen LogP contribution in [0.2, 0.25) is 5.02 Å². The van der Waals surface area contributed by atoms with Crippen LogP contribution >= 0.6 is 11.6 Å². The highest BCUT2D eigenvalue weighted by molar-refractivity contribution is 6.37. The van der Waals surface area contributed by atoms with E-state index in [1.165, 1.54) is 4.90 Å². The summed E-state index contributed by atoms with van der Waals surface area (Å²) in [6.07, 6.45) is 0.606. The maximum Gasteiger partial charge on any atom is 0.278 e. The average Bonchev–Trinajstić information content (AvgIpc) is 3.03. The molecule has 150 valence electrons. The van der Waals surface area contributed by atoms with Crippen molar-refractivity contribution >= 4 is 34.7 Å². The molecule has 0 saturated carbocycles. The Balaban J connectivity index is 1.71. The van der Waals surface area contributed by atoms with Crippen molar-refractivity contribution in [3.63, 3.8) is 0 Å². The van der Waals surface area contributed by atoms with Crippen LogP contribution in [0.3, 0.4) is 0 Å². The number of likely N-dealkylation sites (N-methyl/N-ethyl adjacent to an activating group) is 1. The molecule has 0 N–H and O–H groups in total. The van der Waals surface area contributed by atoms with Gasteiger partial charge >= 0.3 is 0 Å². The molecule has 1 aliphatic heterocycles. The summed E-state index contributed by atoms with van der Waals surface area (Å²) in [4.78, 5) is 29.9. The van der Waals surface area contributed by atoms with Crippen molar-refractivity contribution < 1.29 is 9.59 Å². The molecule has 2 amide bonds. The van der Waals surface area contributed by atoms with E-state index in [1.807, 2.05) is 67.7 Å². The number of benzene rings is 3. The van der Waals surface area contributed by atoms with Crippen LogP contribution in [-0.4, -0.2) is 30.3 Å². The molecular formula is C25H21ClN2O2. The minimum Gasteiger partial charge on any atom is -0.339 e. The van der Waals surface area contributed by atoms with Crippen molar-refractivity contribution in [2.75, 3.05) is 18.5 Å². The number of amides is 2. The third kappa shape index (κ3) is 3.87. The zero-order valence-corrected chi connectivity index (χ0v) is 17.3. The van der Waals surface area contributed by atoms with Gasteiger partial charge in [0.05, 0.1) is 5.57 Å². The topological polar surface area (TPSA) is 40.6 Å². The van der Waals surface area contributed by atoms with Crippen LogP contribution in [0.4, 0.5) is 5.69 Å². The lowest BCUT2D eigenvalue weighted by atomic mass is 10.0. The monoisotopic (exact) mass is 416 g/mol. The first-order valence-electron chi connectivity index (χ1n) is 9.75. The summed E-state index contributed by atoms with van der Waals surface area (Å²) < 4.78 is 0. The minimum absolute atomic E-state index is 0.281. The van der Waals surface area contributed by atoms with E-state index in [2.05, 4.69) is 0 Å². The summed E-state index contributed by atoms with van der Waals surface area (Å²) in [5, 5.41) is 0.579. The molecule has 0 aliphatic carbocycles. The maximum absolute atomic E-state index is 13.4. The number of carbonyl (C=O) groups is 2. The third-order valence-corrected chi connectivity index (χ3v) is 5.47. The van der Waals surface area contributed by atoms with Crippen molar-refractivity contribution in [1.82, 2.24) is 4.90 Å². The maximum atomic E-state index is 13.4. The molecule has 0 unspecified atom stereocenters. The van der Waals surface area contributed by atoms with E-state index in [0.29, 0.717) is 34.8 Å². The largest absolute Gasteiger partial charge is 0.339 e. The highest BCUT2D eigenvalue weighted by atomic mass is 35.5. The lowest BCUT2D eigenvalue weighted by Gasteiger charge is -2.21. The van der Waals surface area contributed by atoms with Crippen LogP contribution in [-0.2, 0) is 16.0 Å². The number of anilines is 1. The van der Waals surface area contributed by atoms with Gasteiger partial charge in [-0.3, -0.25) is 14.5 Å². The van der Waals surface area contributed by atoms with Gasteiger partial charge in [-0.25, -0.2) is 0 Å². The first-order valence-corrected chi connectivity index (χ1v) is 10.1. The summed E-state index contributed by atoms with van der Waals surface area (Å²) in [6, 6.07) is 26.4. The van der Waals surface area contributed by atoms with Gasteiger partial charge in [-0.1, -0.05) is 72.3 Å². The fraction of sp³-hybridized carbons (Fsp3) is 0.120. The lowest BCUT2D eigenvalue weighted by Crippen LogP contribution is -2.35. The van der Waals surface area contributed by atoms with E-state index in [9.17, 15) is 9.59 Å². The predicted octanol–water partition coefficient (Wildman–Crippen LogP) is 4.80. The molecule has 4 nitrogen and oxygen atoms in total. The van der Waals surface area contributed by atoms with Crippen LogP contribution in [0.15, 0.2) is 90.6 Å². The number of halogens is 1. The minimum atomic E-state index is -0.285. The van der Waals surface area contributed by atoms with Gasteiger partial charge in [0.2, 0.25) is 0 Å². The summed E-state index contributed by atoms with van der Waals surface area (Å²) in [5.41, 5.74) is 3.37. The molecule has 0 aromatic heterocycles. The molecule has 30 heavy (non-hydrogen) atoms. The Kier molecular flexibility index (Phi) is 5.68. The second-order valence-electron chi connectivity index (χ2n) is 7.12. The summed E-state index contributed by atoms with van der Waals surface area (Å²) in [7, 11) is 1.81. The van der Waals surface area contributed by atoms with Gasteiger partial charge in [-0.05, 0) is 41.8 Å². The van der Waals surface area contributed by atoms with Gasteiger partial charge in [0.15, 0.2) is 0 Å². The summed E-state index contributed by atoms with van der Waals surface area (Å²) in [5.74, 6) is -0.566. The number of rotatable bonds is 6. The van der Waals surface area contributed by atoms with Crippen LogP contribution in [0.25, 0.3) is 5.57 Å². The van der Waals surface area contributed by atoms with Crippen molar-refractivity contribution in [2.24, 2.45) is 0 Å². The van der Waals surface area contributed by atoms with E-state index in [-0.39, 0.29) is 11.8 Å². The zero-order valence-electron chi connectivity index (χ0n) is 16.6. The summed E-state index contributed by atoms with van der Waals surface area (Å²) in [6.45, 7) is 0.324. The Labute approximate surface area is 181 Å². The molecule has 1 aliphatic rings. The van der Waals surface area contributed by atoms with E-state index in [0.717, 1.165) is 11.3 Å². The fourth-order valence-electron chi connectivity index (χ4n) is 3.62. The number of para-hydroxylation sites is 1. The molecule has 0 bridgehead atoms. The van der Waals surface area contributed by atoms with Gasteiger partial charge < -0.3 is 4.90 Å². The Morgan fingerprint density at radius 1 is 0.800 bits per heavy atom. The van der Waals surface area contributed by atoms with Crippen molar-refractivity contribution in [2.45, 2.75) is 6.42 Å². The number of carbonyl (C=O) groups excluding carboxylic acids is 2. The molecule has 0 spiro atoms. The Bertz CT molecular complexity index is 1090. The molecule has 4 rings (SSSR count). The Morgan fingerprint density at radius 3 is 2.03 bits per heavy atom. The molecule has 0 saturated heterocycles. The number of nitrogens with zero attached hydrogens (tertiary/aromatic N) is 2. The second-order valence-corrected chi connectivity index (χ2v) is 7.56. The molecule has 0 atom stereocenters. The van der Waals surface area contributed by atoms with Crippen LogP contribution < -0.4 is 4.90 Å². The van der Waals surface area contributed by atoms with Gasteiger partial charge in [-0.15, -0.1) is 0 Å². The fourth-order valence-corrected chi connectivity index (χ4v) is 3.75. The Morgan fingerprint density at radius 2 is 1.40 bits per heavy atom. The SMILES string of the molecule is CN(C1=C(c2ccc(Cl)cc2)C(=O)N(CCc2ccccc2)C1=O)c1ccccc1. The molecule has 5 heteroatoms. The van der Waals surface area contributed by atoms with Crippen molar-refractivity contribution in [3.8, 4) is 0 Å². The molecule has 3 aromatic carbocycles. The van der Waals surface area contributed by atoms with Crippen LogP contribution in [0.1, 0.15) is 11.1 Å². The zero-order chi connectivity index (χ0) is 21.1. The van der Waals surface area contributed by atoms with E-state index in [1.54, 1.807) is 29.2 Å². The highest BCUT2D eigenvalue weighted by Gasteiger charge is 2.40. The Hall–Kier alpha value is -3.37. The van der Waals surface area contributed by atoms with Gasteiger partial charge in [0, 0.05) is 24.3 Å². The standard InChI is InChI=1S/C25H21ClN2O2/c1-27(21-10-6-3-7-11-21)23-22(19-12-14-20(26)15-13-19)24(29)28(25(23)30)17-16-18-8-4-2-5-9-18/h2-15H,16-17H2,1H3. The average molecular weight is 417 g/mol. The van der Waals surface area contributed by atoms with Gasteiger partial charge in [0.25, 0.3) is 11.8 Å². The third-order valence-electron chi connectivity index (χ3n) is 5.22. The number of hydrogen-bond donors (Lipinski definition) is 0. The first-order chi connectivity index (χ1) is 14.6. The first kappa shape index (κ1) is 19.9. The van der Waals surface area contributed by atoms with Crippen molar-refractivity contribution in [1.29, 1.82) is 0 Å². The summed E-state index contributed by atoms with van der Waals surface area (Å²) >= 11 is 6.04. The molecule has 3 aromatic rings. The molecular weight excluding hydrogens is 396 g/mol. The van der Waals surface area contributed by atoms with Crippen molar-refractivity contribution in [3.05, 3.63) is 107 Å². The lowest BCUT2D eigenvalue weighted by molar-refractivity contribution is -0.136. The van der Waals surface area contributed by atoms with Crippen LogP contribution in [0, 0.1) is 0 Å². The quantitative estimate of drug-likeness (QED) is 0.542. The number of hydrogen-bond acceptors (Lipinski definition) is 3. The highest BCUT2D eigenvalue weighted by Crippen LogP contribution is 2.34. The van der Waals surface area contributed by atoms with E-state index >= 15 is 0 Å². The number of imide groups is 1. The molecule has 0 fully saturated rings. The predicted molar refractivity (Wildman–Crippen MR) is 120 cm³/mol. The normalized spacial score (nSPS) is 13.9. The van der Waals surface area contributed by atoms with E-state index in [4.69, 9.17) is 11.6 Å². The van der Waals surface area contributed by atoms with E-state index < -0.39 is 0 Å². The smallest absolute Gasteiger partial charge is 0.278 e. The van der Waals surface area contributed by atoms with Gasteiger partial charge in [0.1, 0.15) is 5.70 Å². The second kappa shape index (κ2) is 8.56. The molecule has 1 heterocycles. The molecule has 0 radical (unpaired) electrons. The van der Waals surface area contributed by atoms with Gasteiger partial charge in [-0.2, -0.15) is 0 Å².